The number of aromatic nitrogens is 1. The lowest BCUT2D eigenvalue weighted by Gasteiger charge is -2.13. The van der Waals surface area contributed by atoms with Crippen LogP contribution in [0.4, 0.5) is 0 Å². The Labute approximate surface area is 120 Å². The van der Waals surface area contributed by atoms with Crippen LogP contribution in [0.5, 0.6) is 0 Å². The largest absolute Gasteiger partial charge is 0.310 e. The number of thiazole rings is 1. The molecule has 2 nitrogen and oxygen atoms in total. The molecule has 0 radical (unpaired) electrons. The standard InChI is InChI=1S/C14H15BrN2S/c15-11-2-3-13-10(7-11)1-4-14(13)16-6-5-12-8-18-9-17-12/h2-3,7-9,14,16H,1,4-6H2. The Kier molecular flexibility index (Phi) is 3.77. The summed E-state index contributed by atoms with van der Waals surface area (Å²) >= 11 is 5.20. The quantitative estimate of drug-likeness (QED) is 0.927. The van der Waals surface area contributed by atoms with Gasteiger partial charge in [-0.1, -0.05) is 22.0 Å². The Morgan fingerprint density at radius 2 is 2.39 bits per heavy atom. The summed E-state index contributed by atoms with van der Waals surface area (Å²) in [6.07, 6.45) is 3.41. The molecule has 1 aliphatic carbocycles. The molecule has 2 aromatic rings. The lowest BCUT2D eigenvalue weighted by Crippen LogP contribution is -2.21. The van der Waals surface area contributed by atoms with E-state index in [0.29, 0.717) is 6.04 Å². The Hall–Kier alpha value is -0.710. The van der Waals surface area contributed by atoms with Gasteiger partial charge in [0, 0.05) is 28.9 Å². The van der Waals surface area contributed by atoms with Crippen LogP contribution in [0.15, 0.2) is 33.6 Å². The van der Waals surface area contributed by atoms with Crippen molar-refractivity contribution < 1.29 is 0 Å². The number of benzene rings is 1. The third-order valence-electron chi connectivity index (χ3n) is 3.44. The molecule has 94 valence electrons. The Morgan fingerprint density at radius 3 is 3.22 bits per heavy atom. The molecule has 0 fully saturated rings. The zero-order chi connectivity index (χ0) is 12.4. The number of rotatable bonds is 4. The van der Waals surface area contributed by atoms with E-state index in [1.807, 2.05) is 5.51 Å². The van der Waals surface area contributed by atoms with Crippen LogP contribution in [0.2, 0.25) is 0 Å². The molecule has 0 aliphatic heterocycles. The van der Waals surface area contributed by atoms with Crippen molar-refractivity contribution in [3.8, 4) is 0 Å². The van der Waals surface area contributed by atoms with Crippen LogP contribution in [0, 0.1) is 0 Å². The minimum absolute atomic E-state index is 0.520. The topological polar surface area (TPSA) is 24.9 Å². The van der Waals surface area contributed by atoms with Gasteiger partial charge in [0.15, 0.2) is 0 Å². The number of fused-ring (bicyclic) bond motifs is 1. The van der Waals surface area contributed by atoms with Crippen molar-refractivity contribution in [2.45, 2.75) is 25.3 Å². The molecule has 18 heavy (non-hydrogen) atoms. The SMILES string of the molecule is Brc1ccc2c(c1)CCC2NCCc1cscn1. The summed E-state index contributed by atoms with van der Waals surface area (Å²) in [5, 5.41) is 5.77. The molecule has 1 aromatic heterocycles. The molecule has 0 saturated carbocycles. The molecule has 1 heterocycles. The van der Waals surface area contributed by atoms with E-state index in [9.17, 15) is 0 Å². The number of nitrogens with zero attached hydrogens (tertiary/aromatic N) is 1. The fourth-order valence-corrected chi connectivity index (χ4v) is 3.53. The highest BCUT2D eigenvalue weighted by Crippen LogP contribution is 2.32. The summed E-state index contributed by atoms with van der Waals surface area (Å²) in [4.78, 5) is 4.31. The lowest BCUT2D eigenvalue weighted by atomic mass is 10.1. The van der Waals surface area contributed by atoms with Crippen molar-refractivity contribution in [2.24, 2.45) is 0 Å². The number of halogens is 1. The van der Waals surface area contributed by atoms with Crippen molar-refractivity contribution in [3.05, 3.63) is 50.4 Å². The second-order valence-corrected chi connectivity index (χ2v) is 6.25. The highest BCUT2D eigenvalue weighted by atomic mass is 79.9. The monoisotopic (exact) mass is 322 g/mol. The average molecular weight is 323 g/mol. The van der Waals surface area contributed by atoms with Crippen LogP contribution in [0.1, 0.15) is 29.3 Å². The average Bonchev–Trinajstić information content (AvgIpc) is 2.99. The highest BCUT2D eigenvalue weighted by molar-refractivity contribution is 9.10. The van der Waals surface area contributed by atoms with Crippen LogP contribution >= 0.6 is 27.3 Å². The maximum absolute atomic E-state index is 4.31. The van der Waals surface area contributed by atoms with E-state index in [1.165, 1.54) is 34.1 Å². The summed E-state index contributed by atoms with van der Waals surface area (Å²) in [6, 6.07) is 7.15. The summed E-state index contributed by atoms with van der Waals surface area (Å²) in [6.45, 7) is 1.00. The maximum Gasteiger partial charge on any atom is 0.0794 e. The first kappa shape index (κ1) is 12.3. The first-order valence-electron chi connectivity index (χ1n) is 6.22. The number of nitrogens with one attached hydrogen (secondary N) is 1. The molecule has 1 aromatic carbocycles. The van der Waals surface area contributed by atoms with E-state index in [4.69, 9.17) is 0 Å². The first-order valence-corrected chi connectivity index (χ1v) is 7.95. The van der Waals surface area contributed by atoms with E-state index in [0.717, 1.165) is 13.0 Å². The van der Waals surface area contributed by atoms with Crippen molar-refractivity contribution in [1.29, 1.82) is 0 Å². The third-order valence-corrected chi connectivity index (χ3v) is 4.57. The molecular weight excluding hydrogens is 308 g/mol. The van der Waals surface area contributed by atoms with Crippen molar-refractivity contribution in [1.82, 2.24) is 10.3 Å². The summed E-state index contributed by atoms with van der Waals surface area (Å²) in [5.74, 6) is 0. The summed E-state index contributed by atoms with van der Waals surface area (Å²) < 4.78 is 1.18. The molecular formula is C14H15BrN2S. The molecule has 1 atom stereocenters. The van der Waals surface area contributed by atoms with Crippen molar-refractivity contribution in [3.63, 3.8) is 0 Å². The van der Waals surface area contributed by atoms with Gasteiger partial charge >= 0.3 is 0 Å². The van der Waals surface area contributed by atoms with Gasteiger partial charge in [-0.15, -0.1) is 11.3 Å². The normalized spacial score (nSPS) is 17.9. The predicted molar refractivity (Wildman–Crippen MR) is 79.0 cm³/mol. The Bertz CT molecular complexity index is 525. The third kappa shape index (κ3) is 2.66. The molecule has 1 N–H and O–H groups in total. The number of hydrogen-bond donors (Lipinski definition) is 1. The number of hydrogen-bond acceptors (Lipinski definition) is 3. The molecule has 0 amide bonds. The van der Waals surface area contributed by atoms with E-state index in [2.05, 4.69) is 49.8 Å². The molecule has 0 bridgehead atoms. The summed E-state index contributed by atoms with van der Waals surface area (Å²) in [7, 11) is 0. The zero-order valence-corrected chi connectivity index (χ0v) is 12.4. The zero-order valence-electron chi connectivity index (χ0n) is 10.0. The fraction of sp³-hybridized carbons (Fsp3) is 0.357. The smallest absolute Gasteiger partial charge is 0.0794 e. The number of aryl methyl sites for hydroxylation is 1. The van der Waals surface area contributed by atoms with E-state index in [1.54, 1.807) is 11.3 Å². The molecule has 1 unspecified atom stereocenters. The minimum Gasteiger partial charge on any atom is -0.310 e. The van der Waals surface area contributed by atoms with Gasteiger partial charge in [0.1, 0.15) is 0 Å². The van der Waals surface area contributed by atoms with Crippen LogP contribution in [0.3, 0.4) is 0 Å². The van der Waals surface area contributed by atoms with Gasteiger partial charge in [-0.05, 0) is 36.1 Å². The predicted octanol–water partition coefficient (Wildman–Crippen LogP) is 3.73. The van der Waals surface area contributed by atoms with Crippen LogP contribution in [0.25, 0.3) is 0 Å². The van der Waals surface area contributed by atoms with Crippen molar-refractivity contribution in [2.75, 3.05) is 6.54 Å². The van der Waals surface area contributed by atoms with Gasteiger partial charge in [0.25, 0.3) is 0 Å². The molecule has 3 rings (SSSR count). The maximum atomic E-state index is 4.31. The molecule has 0 saturated heterocycles. The molecule has 0 spiro atoms. The van der Waals surface area contributed by atoms with Gasteiger partial charge in [-0.2, -0.15) is 0 Å². The second kappa shape index (κ2) is 5.51. The van der Waals surface area contributed by atoms with Gasteiger partial charge in [0.05, 0.1) is 11.2 Å². The lowest BCUT2D eigenvalue weighted by molar-refractivity contribution is 0.532. The van der Waals surface area contributed by atoms with E-state index < -0.39 is 0 Å². The van der Waals surface area contributed by atoms with Gasteiger partial charge in [-0.25, -0.2) is 4.98 Å². The highest BCUT2D eigenvalue weighted by Gasteiger charge is 2.21. The van der Waals surface area contributed by atoms with Gasteiger partial charge < -0.3 is 5.32 Å². The van der Waals surface area contributed by atoms with E-state index >= 15 is 0 Å². The van der Waals surface area contributed by atoms with Crippen molar-refractivity contribution >= 4 is 27.3 Å². The van der Waals surface area contributed by atoms with Crippen LogP contribution in [-0.4, -0.2) is 11.5 Å². The second-order valence-electron chi connectivity index (χ2n) is 4.62. The Morgan fingerprint density at radius 1 is 1.44 bits per heavy atom. The first-order chi connectivity index (χ1) is 8.83. The molecule has 4 heteroatoms. The molecule has 1 aliphatic rings. The van der Waals surface area contributed by atoms with Crippen LogP contribution < -0.4 is 5.32 Å². The van der Waals surface area contributed by atoms with Crippen LogP contribution in [-0.2, 0) is 12.8 Å². The van der Waals surface area contributed by atoms with Gasteiger partial charge in [0.2, 0.25) is 0 Å². The fourth-order valence-electron chi connectivity index (χ4n) is 2.53. The Balaban J connectivity index is 1.59. The van der Waals surface area contributed by atoms with Gasteiger partial charge in [-0.3, -0.25) is 0 Å². The summed E-state index contributed by atoms with van der Waals surface area (Å²) in [5.41, 5.74) is 6.05. The van der Waals surface area contributed by atoms with E-state index in [-0.39, 0.29) is 0 Å². The minimum atomic E-state index is 0.520.